The van der Waals surface area contributed by atoms with Crippen molar-refractivity contribution in [1.29, 1.82) is 0 Å². The maximum absolute atomic E-state index is 12.9. The van der Waals surface area contributed by atoms with Gasteiger partial charge in [-0.25, -0.2) is 4.79 Å². The fourth-order valence-corrected chi connectivity index (χ4v) is 5.29. The summed E-state index contributed by atoms with van der Waals surface area (Å²) in [5.41, 5.74) is 0.909. The molecule has 1 aromatic heterocycles. The van der Waals surface area contributed by atoms with E-state index in [0.29, 0.717) is 24.5 Å². The van der Waals surface area contributed by atoms with Crippen molar-refractivity contribution in [1.82, 2.24) is 14.7 Å². The molecule has 0 unspecified atom stereocenters. The third-order valence-corrected chi connectivity index (χ3v) is 7.81. The largest absolute Gasteiger partial charge is 0.498 e. The Balaban J connectivity index is 1.37. The predicted octanol–water partition coefficient (Wildman–Crippen LogP) is 5.05. The molecule has 1 amide bonds. The molecule has 3 fully saturated rings. The van der Waals surface area contributed by atoms with Crippen LogP contribution in [-0.4, -0.2) is 56.8 Å². The second kappa shape index (κ2) is 8.26. The summed E-state index contributed by atoms with van der Waals surface area (Å²) in [6.45, 7) is 21.1. The molecule has 0 radical (unpaired) electrons. The van der Waals surface area contributed by atoms with Gasteiger partial charge in [-0.05, 0) is 101 Å². The third kappa shape index (κ3) is 4.90. The number of aromatic nitrogens is 2. The van der Waals surface area contributed by atoms with E-state index in [0.717, 1.165) is 24.0 Å². The van der Waals surface area contributed by atoms with Crippen LogP contribution in [0.2, 0.25) is 0 Å². The van der Waals surface area contributed by atoms with Crippen LogP contribution in [0.5, 0.6) is 0 Å². The molecular weight excluding hydrogens is 429 g/mol. The van der Waals surface area contributed by atoms with Crippen molar-refractivity contribution in [2.75, 3.05) is 6.61 Å². The van der Waals surface area contributed by atoms with Crippen LogP contribution in [0.25, 0.3) is 0 Å². The Morgan fingerprint density at radius 2 is 1.62 bits per heavy atom. The first-order valence-electron chi connectivity index (χ1n) is 12.9. The minimum atomic E-state index is -0.369. The number of carbonyl (C=O) groups excluding carboxylic acids is 1. The first kappa shape index (κ1) is 25.6. The van der Waals surface area contributed by atoms with Crippen LogP contribution in [0.15, 0.2) is 6.20 Å². The number of hydrogen-bond acceptors (Lipinski definition) is 5. The second-order valence-corrected chi connectivity index (χ2v) is 13.6. The van der Waals surface area contributed by atoms with E-state index in [4.69, 9.17) is 19.1 Å². The molecule has 3 aliphatic rings. The second-order valence-electron chi connectivity index (χ2n) is 13.6. The molecule has 7 nitrogen and oxygen atoms in total. The molecule has 0 spiro atoms. The molecule has 2 aliphatic carbocycles. The van der Waals surface area contributed by atoms with Crippen LogP contribution in [0.4, 0.5) is 4.79 Å². The molecule has 0 bridgehead atoms. The van der Waals surface area contributed by atoms with Gasteiger partial charge in [-0.2, -0.15) is 5.10 Å². The highest BCUT2D eigenvalue weighted by atomic mass is 16.7. The molecule has 0 aromatic carbocycles. The smallest absolute Gasteiger partial charge is 0.449 e. The fraction of sp³-hybridized carbons (Fsp3) is 0.846. The van der Waals surface area contributed by atoms with Crippen molar-refractivity contribution in [3.63, 3.8) is 0 Å². The minimum absolute atomic E-state index is 0.235. The van der Waals surface area contributed by atoms with Gasteiger partial charge in [-0.3, -0.25) is 9.58 Å². The third-order valence-electron chi connectivity index (χ3n) is 7.81. The van der Waals surface area contributed by atoms with Crippen molar-refractivity contribution in [3.8, 4) is 0 Å². The molecular formula is C26H44BN3O4. The Bertz CT molecular complexity index is 887. The normalized spacial score (nSPS) is 26.4. The van der Waals surface area contributed by atoms with Crippen LogP contribution >= 0.6 is 0 Å². The fourth-order valence-electron chi connectivity index (χ4n) is 5.29. The number of amides is 1. The summed E-state index contributed by atoms with van der Waals surface area (Å²) in [5, 5.41) is 5.00. The maximum Gasteiger partial charge on any atom is 0.498 e. The van der Waals surface area contributed by atoms with Crippen molar-refractivity contribution < 1.29 is 18.8 Å². The van der Waals surface area contributed by atoms with Gasteiger partial charge in [-0.1, -0.05) is 0 Å². The van der Waals surface area contributed by atoms with Gasteiger partial charge in [0.1, 0.15) is 0 Å². The lowest BCUT2D eigenvalue weighted by molar-refractivity contribution is 0.00192. The average molecular weight is 473 g/mol. The topological polar surface area (TPSA) is 65.8 Å². The van der Waals surface area contributed by atoms with E-state index in [9.17, 15) is 4.79 Å². The summed E-state index contributed by atoms with van der Waals surface area (Å²) in [5.74, 6) is 0.887. The van der Waals surface area contributed by atoms with Crippen LogP contribution < -0.4 is 5.46 Å². The summed E-state index contributed by atoms with van der Waals surface area (Å²) in [6.07, 6.45) is 6.21. The van der Waals surface area contributed by atoms with E-state index in [1.165, 1.54) is 12.8 Å². The molecule has 190 valence electrons. The van der Waals surface area contributed by atoms with Crippen molar-refractivity contribution >= 4 is 18.7 Å². The average Bonchev–Trinajstić information content (AvgIpc) is 3.31. The SMILES string of the molecule is CC(C)(C)N(C(=O)OCC1CC(n2cc(B3OC(C)(C)C(C)(C)O3)c(C3CC3)n2)C1)C(C)(C)C. The Hall–Kier alpha value is -1.54. The monoisotopic (exact) mass is 473 g/mol. The Morgan fingerprint density at radius 1 is 1.09 bits per heavy atom. The van der Waals surface area contributed by atoms with Gasteiger partial charge in [0.2, 0.25) is 0 Å². The van der Waals surface area contributed by atoms with Crippen molar-refractivity contribution in [2.45, 2.75) is 129 Å². The van der Waals surface area contributed by atoms with Gasteiger partial charge in [0, 0.05) is 28.7 Å². The number of carbonyl (C=O) groups is 1. The highest BCUT2D eigenvalue weighted by Crippen LogP contribution is 2.43. The number of nitrogens with zero attached hydrogens (tertiary/aromatic N) is 3. The summed E-state index contributed by atoms with van der Waals surface area (Å²) >= 11 is 0. The summed E-state index contributed by atoms with van der Waals surface area (Å²) < 4.78 is 20.6. The molecule has 8 heteroatoms. The van der Waals surface area contributed by atoms with Gasteiger partial charge >= 0.3 is 13.2 Å². The lowest BCUT2D eigenvalue weighted by Gasteiger charge is -2.44. The quantitative estimate of drug-likeness (QED) is 0.561. The predicted molar refractivity (Wildman–Crippen MR) is 134 cm³/mol. The van der Waals surface area contributed by atoms with Gasteiger partial charge in [0.15, 0.2) is 0 Å². The van der Waals surface area contributed by atoms with Crippen molar-refractivity contribution in [3.05, 3.63) is 11.9 Å². The zero-order valence-corrected chi connectivity index (χ0v) is 22.9. The molecule has 1 aromatic rings. The van der Waals surface area contributed by atoms with E-state index in [1.54, 1.807) is 0 Å². The first-order chi connectivity index (χ1) is 15.5. The van der Waals surface area contributed by atoms with E-state index < -0.39 is 0 Å². The standard InChI is InChI=1S/C26H44BN3O4/c1-23(2,3)30(24(4,5)6)22(31)32-16-17-13-19(14-17)29-15-20(21(28-29)18-11-12-18)27-33-25(7,8)26(9,10)34-27/h15,17-19H,11-14,16H2,1-10H3. The molecule has 2 saturated carbocycles. The van der Waals surface area contributed by atoms with Crippen LogP contribution in [-0.2, 0) is 14.0 Å². The number of hydrogen-bond donors (Lipinski definition) is 0. The zero-order valence-electron chi connectivity index (χ0n) is 22.9. The molecule has 1 aliphatic heterocycles. The Morgan fingerprint density at radius 3 is 2.09 bits per heavy atom. The lowest BCUT2D eigenvalue weighted by atomic mass is 9.78. The number of ether oxygens (including phenoxy) is 1. The number of rotatable bonds is 5. The van der Waals surface area contributed by atoms with E-state index in [-0.39, 0.29) is 35.5 Å². The molecule has 34 heavy (non-hydrogen) atoms. The van der Waals surface area contributed by atoms with E-state index in [1.807, 2.05) is 46.4 Å². The zero-order chi connectivity index (χ0) is 25.3. The molecule has 0 N–H and O–H groups in total. The maximum atomic E-state index is 12.9. The highest BCUT2D eigenvalue weighted by Gasteiger charge is 2.53. The van der Waals surface area contributed by atoms with Crippen molar-refractivity contribution in [2.24, 2.45) is 5.92 Å². The highest BCUT2D eigenvalue weighted by molar-refractivity contribution is 6.62. The first-order valence-corrected chi connectivity index (χ1v) is 12.9. The summed E-state index contributed by atoms with van der Waals surface area (Å²) in [7, 11) is -0.369. The van der Waals surface area contributed by atoms with Crippen LogP contribution in [0, 0.1) is 5.92 Å². The van der Waals surface area contributed by atoms with E-state index >= 15 is 0 Å². The Labute approximate surface area is 206 Å². The van der Waals surface area contributed by atoms with Crippen LogP contribution in [0.3, 0.4) is 0 Å². The molecule has 2 heterocycles. The van der Waals surface area contributed by atoms with Crippen LogP contribution in [0.1, 0.15) is 113 Å². The Kier molecular flexibility index (Phi) is 6.21. The molecule has 0 atom stereocenters. The summed E-state index contributed by atoms with van der Waals surface area (Å²) in [6, 6.07) is 0.332. The van der Waals surface area contributed by atoms with Gasteiger partial charge in [0.25, 0.3) is 0 Å². The van der Waals surface area contributed by atoms with Gasteiger partial charge in [-0.15, -0.1) is 0 Å². The lowest BCUT2D eigenvalue weighted by Crippen LogP contribution is -2.56. The summed E-state index contributed by atoms with van der Waals surface area (Å²) in [4.78, 5) is 14.7. The van der Waals surface area contributed by atoms with E-state index in [2.05, 4.69) is 38.6 Å². The minimum Gasteiger partial charge on any atom is -0.449 e. The van der Waals surface area contributed by atoms with Gasteiger partial charge in [0.05, 0.1) is 29.5 Å². The molecule has 4 rings (SSSR count). The molecule has 1 saturated heterocycles. The van der Waals surface area contributed by atoms with Gasteiger partial charge < -0.3 is 14.0 Å².